The highest BCUT2D eigenvalue weighted by molar-refractivity contribution is 7.09. The molecule has 0 aliphatic rings. The average Bonchev–Trinajstić information content (AvgIpc) is 2.83. The largest absolute Gasteiger partial charge is 0.333 e. The van der Waals surface area contributed by atoms with Crippen molar-refractivity contribution in [1.29, 1.82) is 0 Å². The number of nitrogens with zero attached hydrogens (tertiary/aromatic N) is 1. The quantitative estimate of drug-likeness (QED) is 0.876. The van der Waals surface area contributed by atoms with Gasteiger partial charge in [-0.25, -0.2) is 9.78 Å². The van der Waals surface area contributed by atoms with E-state index in [1.165, 1.54) is 0 Å². The second-order valence-corrected chi connectivity index (χ2v) is 4.64. The molecule has 2 heterocycles. The molecule has 0 aromatic carbocycles. The minimum Gasteiger partial charge on any atom is -0.333 e. The Hall–Kier alpha value is -1.88. The maximum Gasteiger partial charge on any atom is 0.320 e. The molecular formula is C12H13N3OS. The highest BCUT2D eigenvalue weighted by Crippen LogP contribution is 2.08. The second-order valence-electron chi connectivity index (χ2n) is 3.61. The molecule has 0 radical (unpaired) electrons. The van der Waals surface area contributed by atoms with Crippen LogP contribution in [-0.4, -0.2) is 11.0 Å². The lowest BCUT2D eigenvalue weighted by atomic mass is 10.3. The summed E-state index contributed by atoms with van der Waals surface area (Å²) < 4.78 is 0. The Morgan fingerprint density at radius 1 is 1.41 bits per heavy atom. The fourth-order valence-corrected chi connectivity index (χ4v) is 1.93. The van der Waals surface area contributed by atoms with Crippen LogP contribution in [0.2, 0.25) is 0 Å². The number of urea groups is 1. The Morgan fingerprint density at radius 3 is 2.94 bits per heavy atom. The van der Waals surface area contributed by atoms with Crippen LogP contribution >= 0.6 is 11.3 Å². The Kier molecular flexibility index (Phi) is 3.72. The summed E-state index contributed by atoms with van der Waals surface area (Å²) in [7, 11) is 0. The number of amides is 2. The molecule has 0 saturated carbocycles. The van der Waals surface area contributed by atoms with Gasteiger partial charge in [-0.15, -0.1) is 11.3 Å². The topological polar surface area (TPSA) is 54.0 Å². The number of nitrogens with one attached hydrogen (secondary N) is 2. The molecule has 17 heavy (non-hydrogen) atoms. The second kappa shape index (κ2) is 5.45. The van der Waals surface area contributed by atoms with Crippen LogP contribution in [0.25, 0.3) is 0 Å². The van der Waals surface area contributed by atoms with Gasteiger partial charge in [-0.05, 0) is 30.0 Å². The van der Waals surface area contributed by atoms with Crippen LogP contribution < -0.4 is 10.6 Å². The number of hydrogen-bond acceptors (Lipinski definition) is 3. The van der Waals surface area contributed by atoms with Gasteiger partial charge >= 0.3 is 6.03 Å². The number of carbonyl (C=O) groups excluding carboxylic acids is 1. The van der Waals surface area contributed by atoms with Gasteiger partial charge in [-0.3, -0.25) is 5.32 Å². The van der Waals surface area contributed by atoms with E-state index in [0.717, 1.165) is 10.4 Å². The maximum absolute atomic E-state index is 11.5. The third-order valence-electron chi connectivity index (χ3n) is 2.16. The van der Waals surface area contributed by atoms with E-state index in [4.69, 9.17) is 0 Å². The first-order valence-electron chi connectivity index (χ1n) is 5.24. The lowest BCUT2D eigenvalue weighted by Crippen LogP contribution is -2.28. The number of pyridine rings is 1. The van der Waals surface area contributed by atoms with Crippen molar-refractivity contribution in [2.75, 3.05) is 5.32 Å². The third-order valence-corrected chi connectivity index (χ3v) is 3.03. The predicted molar refractivity (Wildman–Crippen MR) is 69.2 cm³/mol. The summed E-state index contributed by atoms with van der Waals surface area (Å²) in [6.45, 7) is 2.49. The van der Waals surface area contributed by atoms with Gasteiger partial charge in [0.05, 0.1) is 6.54 Å². The molecule has 0 bridgehead atoms. The van der Waals surface area contributed by atoms with Crippen molar-refractivity contribution in [1.82, 2.24) is 10.3 Å². The molecular weight excluding hydrogens is 234 g/mol. The molecule has 2 N–H and O–H groups in total. The monoisotopic (exact) mass is 247 g/mol. The van der Waals surface area contributed by atoms with Crippen molar-refractivity contribution in [3.63, 3.8) is 0 Å². The number of thiophene rings is 1. The van der Waals surface area contributed by atoms with E-state index in [9.17, 15) is 4.79 Å². The van der Waals surface area contributed by atoms with Crippen molar-refractivity contribution in [3.8, 4) is 0 Å². The molecule has 0 atom stereocenters. The predicted octanol–water partition coefficient (Wildman–Crippen LogP) is 2.77. The maximum atomic E-state index is 11.5. The van der Waals surface area contributed by atoms with Gasteiger partial charge in [0.1, 0.15) is 5.82 Å². The number of anilines is 1. The first-order chi connectivity index (χ1) is 8.24. The molecule has 2 aromatic heterocycles. The molecule has 0 aliphatic carbocycles. The molecule has 0 saturated heterocycles. The molecule has 0 spiro atoms. The van der Waals surface area contributed by atoms with E-state index in [1.807, 2.05) is 30.5 Å². The Balaban J connectivity index is 1.83. The average molecular weight is 247 g/mol. The Labute approximate surface area is 104 Å². The number of rotatable bonds is 3. The molecule has 88 valence electrons. The number of aryl methyl sites for hydroxylation is 1. The molecule has 0 fully saturated rings. The van der Waals surface area contributed by atoms with Crippen LogP contribution in [0.3, 0.4) is 0 Å². The van der Waals surface area contributed by atoms with E-state index in [2.05, 4.69) is 15.6 Å². The summed E-state index contributed by atoms with van der Waals surface area (Å²) in [4.78, 5) is 16.8. The van der Waals surface area contributed by atoms with E-state index < -0.39 is 0 Å². The molecule has 5 heteroatoms. The van der Waals surface area contributed by atoms with Crippen molar-refractivity contribution >= 4 is 23.2 Å². The molecule has 0 unspecified atom stereocenters. The van der Waals surface area contributed by atoms with Gasteiger partial charge in [-0.2, -0.15) is 0 Å². The van der Waals surface area contributed by atoms with E-state index in [0.29, 0.717) is 12.4 Å². The summed E-state index contributed by atoms with van der Waals surface area (Å²) in [6, 6.07) is 7.38. The van der Waals surface area contributed by atoms with E-state index >= 15 is 0 Å². The smallest absolute Gasteiger partial charge is 0.320 e. The molecule has 2 amide bonds. The fraction of sp³-hybridized carbons (Fsp3) is 0.167. The van der Waals surface area contributed by atoms with Crippen LogP contribution in [0.4, 0.5) is 10.6 Å². The van der Waals surface area contributed by atoms with Gasteiger partial charge in [-0.1, -0.05) is 12.1 Å². The lowest BCUT2D eigenvalue weighted by molar-refractivity contribution is 0.252. The zero-order valence-electron chi connectivity index (χ0n) is 9.43. The zero-order chi connectivity index (χ0) is 12.1. The van der Waals surface area contributed by atoms with E-state index in [1.54, 1.807) is 23.6 Å². The first kappa shape index (κ1) is 11.6. The van der Waals surface area contributed by atoms with Crippen LogP contribution in [0.1, 0.15) is 10.4 Å². The number of carbonyl (C=O) groups is 1. The van der Waals surface area contributed by atoms with Gasteiger partial charge in [0.15, 0.2) is 0 Å². The van der Waals surface area contributed by atoms with Crippen LogP contribution in [-0.2, 0) is 6.54 Å². The zero-order valence-corrected chi connectivity index (χ0v) is 10.3. The lowest BCUT2D eigenvalue weighted by Gasteiger charge is -2.05. The minimum atomic E-state index is -0.241. The summed E-state index contributed by atoms with van der Waals surface area (Å²) in [5.74, 6) is 0.555. The van der Waals surface area contributed by atoms with Crippen molar-refractivity contribution in [3.05, 3.63) is 46.3 Å². The summed E-state index contributed by atoms with van der Waals surface area (Å²) in [5, 5.41) is 7.43. The van der Waals surface area contributed by atoms with Crippen LogP contribution in [0.15, 0.2) is 35.8 Å². The van der Waals surface area contributed by atoms with Crippen molar-refractivity contribution < 1.29 is 4.79 Å². The minimum absolute atomic E-state index is 0.241. The first-order valence-corrected chi connectivity index (χ1v) is 6.12. The SMILES string of the molecule is Cc1ccc(NC(=O)NCc2cccs2)nc1. The highest BCUT2D eigenvalue weighted by Gasteiger charge is 2.02. The van der Waals surface area contributed by atoms with Crippen LogP contribution in [0, 0.1) is 6.92 Å². The van der Waals surface area contributed by atoms with Gasteiger partial charge in [0, 0.05) is 11.1 Å². The fourth-order valence-electron chi connectivity index (χ4n) is 1.28. The molecule has 2 aromatic rings. The summed E-state index contributed by atoms with van der Waals surface area (Å²) in [6.07, 6.45) is 1.72. The Bertz CT molecular complexity index is 479. The number of aromatic nitrogens is 1. The van der Waals surface area contributed by atoms with Gasteiger partial charge in [0.25, 0.3) is 0 Å². The molecule has 2 rings (SSSR count). The van der Waals surface area contributed by atoms with Crippen molar-refractivity contribution in [2.24, 2.45) is 0 Å². The standard InChI is InChI=1S/C12H13N3OS/c1-9-4-5-11(13-7-9)15-12(16)14-8-10-3-2-6-17-10/h2-7H,8H2,1H3,(H2,13,14,15,16). The van der Waals surface area contributed by atoms with Gasteiger partial charge < -0.3 is 5.32 Å². The summed E-state index contributed by atoms with van der Waals surface area (Å²) >= 11 is 1.62. The molecule has 4 nitrogen and oxygen atoms in total. The number of hydrogen-bond donors (Lipinski definition) is 2. The normalized spacial score (nSPS) is 9.94. The van der Waals surface area contributed by atoms with Crippen LogP contribution in [0.5, 0.6) is 0 Å². The summed E-state index contributed by atoms with van der Waals surface area (Å²) in [5.41, 5.74) is 1.06. The Morgan fingerprint density at radius 2 is 2.29 bits per heavy atom. The third kappa shape index (κ3) is 3.57. The van der Waals surface area contributed by atoms with Gasteiger partial charge in [0.2, 0.25) is 0 Å². The van der Waals surface area contributed by atoms with Crippen molar-refractivity contribution in [2.45, 2.75) is 13.5 Å². The van der Waals surface area contributed by atoms with E-state index in [-0.39, 0.29) is 6.03 Å². The molecule has 0 aliphatic heterocycles. The highest BCUT2D eigenvalue weighted by atomic mass is 32.1.